The van der Waals surface area contributed by atoms with Gasteiger partial charge in [0.2, 0.25) is 0 Å². The topological polar surface area (TPSA) is 60.6 Å². The Morgan fingerprint density at radius 1 is 1.35 bits per heavy atom. The van der Waals surface area contributed by atoms with Crippen molar-refractivity contribution in [3.63, 3.8) is 0 Å². The quantitative estimate of drug-likeness (QED) is 0.800. The van der Waals surface area contributed by atoms with Crippen LogP contribution in [0.2, 0.25) is 0 Å². The van der Waals surface area contributed by atoms with Gasteiger partial charge in [0.05, 0.1) is 6.61 Å². The van der Waals surface area contributed by atoms with E-state index in [2.05, 4.69) is 39.5 Å². The number of carbonyl (C=O) groups excluding carboxylic acids is 1. The molecule has 0 aliphatic carbocycles. The summed E-state index contributed by atoms with van der Waals surface area (Å²) in [5.41, 5.74) is 2.28. The molecular formula is C20H30N4O2. The Labute approximate surface area is 155 Å². The van der Waals surface area contributed by atoms with Crippen molar-refractivity contribution in [3.8, 4) is 0 Å². The Balaban J connectivity index is 1.51. The van der Waals surface area contributed by atoms with E-state index in [1.807, 2.05) is 18.0 Å². The highest BCUT2D eigenvalue weighted by molar-refractivity contribution is 5.80. The molecule has 0 radical (unpaired) electrons. The van der Waals surface area contributed by atoms with E-state index in [0.717, 1.165) is 50.2 Å². The lowest BCUT2D eigenvalue weighted by atomic mass is 10.1. The highest BCUT2D eigenvalue weighted by Gasteiger charge is 2.22. The average Bonchev–Trinajstić information content (AvgIpc) is 3.13. The third kappa shape index (κ3) is 4.77. The van der Waals surface area contributed by atoms with Crippen molar-refractivity contribution in [1.29, 1.82) is 0 Å². The van der Waals surface area contributed by atoms with Crippen molar-refractivity contribution in [2.45, 2.75) is 32.4 Å². The van der Waals surface area contributed by atoms with Crippen LogP contribution in [0.3, 0.4) is 0 Å². The molecule has 0 atom stereocenters. The zero-order valence-corrected chi connectivity index (χ0v) is 15.8. The summed E-state index contributed by atoms with van der Waals surface area (Å²) in [6.45, 7) is 7.14. The molecular weight excluding hydrogens is 328 g/mol. The minimum absolute atomic E-state index is 0.0389. The Bertz CT molecular complexity index is 707. The number of carbonyl (C=O) groups is 1. The number of methoxy groups -OCH3 is 1. The molecule has 2 aromatic rings. The predicted molar refractivity (Wildman–Crippen MR) is 104 cm³/mol. The number of rotatable bonds is 7. The van der Waals surface area contributed by atoms with Crippen LogP contribution in [-0.4, -0.2) is 66.8 Å². The molecule has 0 bridgehead atoms. The van der Waals surface area contributed by atoms with Crippen molar-refractivity contribution in [1.82, 2.24) is 20.1 Å². The van der Waals surface area contributed by atoms with Gasteiger partial charge in [-0.05, 0) is 48.9 Å². The molecule has 2 heterocycles. The maximum absolute atomic E-state index is 12.7. The van der Waals surface area contributed by atoms with Crippen LogP contribution in [0.5, 0.6) is 0 Å². The number of fused-ring (bicyclic) bond motifs is 1. The van der Waals surface area contributed by atoms with Crippen molar-refractivity contribution >= 4 is 16.9 Å². The Morgan fingerprint density at radius 2 is 2.15 bits per heavy atom. The van der Waals surface area contributed by atoms with Gasteiger partial charge in [-0.2, -0.15) is 0 Å². The number of H-pyrrole nitrogens is 1. The van der Waals surface area contributed by atoms with Crippen molar-refractivity contribution in [2.75, 3.05) is 39.9 Å². The molecule has 1 aliphatic heterocycles. The van der Waals surface area contributed by atoms with Gasteiger partial charge in [0.25, 0.3) is 0 Å². The molecule has 2 N–H and O–H groups in total. The fourth-order valence-corrected chi connectivity index (χ4v) is 3.54. The number of piperidine rings is 1. The van der Waals surface area contributed by atoms with E-state index in [-0.39, 0.29) is 12.1 Å². The zero-order chi connectivity index (χ0) is 18.4. The third-order valence-corrected chi connectivity index (χ3v) is 5.19. The molecule has 1 saturated heterocycles. The SMILES string of the molecule is CCN(Cc1ccc2[nH]ccc2c1)C(=O)NC1CCN(CCOC)CC1. The number of nitrogens with zero attached hydrogens (tertiary/aromatic N) is 2. The lowest BCUT2D eigenvalue weighted by Gasteiger charge is -2.33. The van der Waals surface area contributed by atoms with Crippen LogP contribution >= 0.6 is 0 Å². The molecule has 6 nitrogen and oxygen atoms in total. The lowest BCUT2D eigenvalue weighted by Crippen LogP contribution is -2.49. The molecule has 1 aromatic carbocycles. The summed E-state index contributed by atoms with van der Waals surface area (Å²) < 4.78 is 5.14. The van der Waals surface area contributed by atoms with Gasteiger partial charge < -0.3 is 24.8 Å². The lowest BCUT2D eigenvalue weighted by molar-refractivity contribution is 0.124. The largest absolute Gasteiger partial charge is 0.383 e. The van der Waals surface area contributed by atoms with E-state index in [1.165, 1.54) is 5.39 Å². The first-order chi connectivity index (χ1) is 12.7. The molecule has 142 valence electrons. The number of likely N-dealkylation sites (tertiary alicyclic amines) is 1. The minimum atomic E-state index is 0.0389. The van der Waals surface area contributed by atoms with Gasteiger partial charge in [0.1, 0.15) is 0 Å². The first-order valence-electron chi connectivity index (χ1n) is 9.52. The van der Waals surface area contributed by atoms with Crippen molar-refractivity contribution < 1.29 is 9.53 Å². The Hall–Kier alpha value is -2.05. The molecule has 26 heavy (non-hydrogen) atoms. The van der Waals surface area contributed by atoms with Crippen LogP contribution in [0.25, 0.3) is 10.9 Å². The fourth-order valence-electron chi connectivity index (χ4n) is 3.54. The number of nitrogens with one attached hydrogen (secondary N) is 2. The molecule has 2 amide bonds. The van der Waals surface area contributed by atoms with E-state index >= 15 is 0 Å². The fraction of sp³-hybridized carbons (Fsp3) is 0.550. The highest BCUT2D eigenvalue weighted by Crippen LogP contribution is 2.16. The van der Waals surface area contributed by atoms with Crippen LogP contribution in [0.4, 0.5) is 4.79 Å². The molecule has 6 heteroatoms. The Kier molecular flexibility index (Phi) is 6.52. The van der Waals surface area contributed by atoms with Crippen LogP contribution in [0.15, 0.2) is 30.5 Å². The first kappa shape index (κ1) is 18.7. The number of benzene rings is 1. The minimum Gasteiger partial charge on any atom is -0.383 e. The summed E-state index contributed by atoms with van der Waals surface area (Å²) in [4.78, 5) is 20.2. The number of urea groups is 1. The average molecular weight is 358 g/mol. The molecule has 1 fully saturated rings. The standard InChI is InChI=1S/C20H30N4O2/c1-3-24(15-16-4-5-19-17(14-16)6-9-21-19)20(25)22-18-7-10-23(11-8-18)12-13-26-2/h4-6,9,14,18,21H,3,7-8,10-13,15H2,1-2H3,(H,22,25). The summed E-state index contributed by atoms with van der Waals surface area (Å²) in [5.74, 6) is 0. The summed E-state index contributed by atoms with van der Waals surface area (Å²) in [6.07, 6.45) is 3.95. The van der Waals surface area contributed by atoms with Gasteiger partial charge >= 0.3 is 6.03 Å². The molecule has 1 aliphatic rings. The number of hydrogen-bond donors (Lipinski definition) is 2. The van der Waals surface area contributed by atoms with E-state index in [9.17, 15) is 4.79 Å². The third-order valence-electron chi connectivity index (χ3n) is 5.19. The highest BCUT2D eigenvalue weighted by atomic mass is 16.5. The molecule has 1 aromatic heterocycles. The van der Waals surface area contributed by atoms with Gasteiger partial charge in [-0.15, -0.1) is 0 Å². The van der Waals surface area contributed by atoms with Gasteiger partial charge in [0, 0.05) is 57.6 Å². The second-order valence-electron chi connectivity index (χ2n) is 6.97. The summed E-state index contributed by atoms with van der Waals surface area (Å²) in [6, 6.07) is 8.68. The normalized spacial score (nSPS) is 16.1. The maximum Gasteiger partial charge on any atom is 0.317 e. The summed E-state index contributed by atoms with van der Waals surface area (Å²) in [7, 11) is 1.74. The molecule has 0 saturated carbocycles. The van der Waals surface area contributed by atoms with Crippen LogP contribution < -0.4 is 5.32 Å². The maximum atomic E-state index is 12.7. The van der Waals surface area contributed by atoms with Crippen LogP contribution in [0, 0.1) is 0 Å². The first-order valence-corrected chi connectivity index (χ1v) is 9.52. The zero-order valence-electron chi connectivity index (χ0n) is 15.8. The van der Waals surface area contributed by atoms with E-state index in [4.69, 9.17) is 4.74 Å². The number of ether oxygens (including phenoxy) is 1. The van der Waals surface area contributed by atoms with Gasteiger partial charge in [0.15, 0.2) is 0 Å². The number of amides is 2. The van der Waals surface area contributed by atoms with Crippen molar-refractivity contribution in [2.24, 2.45) is 0 Å². The van der Waals surface area contributed by atoms with Gasteiger partial charge in [-0.1, -0.05) is 6.07 Å². The number of hydrogen-bond acceptors (Lipinski definition) is 3. The second kappa shape index (κ2) is 9.05. The smallest absolute Gasteiger partial charge is 0.317 e. The number of aromatic nitrogens is 1. The van der Waals surface area contributed by atoms with Crippen LogP contribution in [-0.2, 0) is 11.3 Å². The van der Waals surface area contributed by atoms with E-state index in [1.54, 1.807) is 7.11 Å². The predicted octanol–water partition coefficient (Wildman–Crippen LogP) is 2.81. The van der Waals surface area contributed by atoms with E-state index < -0.39 is 0 Å². The van der Waals surface area contributed by atoms with E-state index in [0.29, 0.717) is 13.1 Å². The monoisotopic (exact) mass is 358 g/mol. The summed E-state index contributed by atoms with van der Waals surface area (Å²) in [5, 5.41) is 4.40. The van der Waals surface area contributed by atoms with Gasteiger partial charge in [-0.25, -0.2) is 4.79 Å². The summed E-state index contributed by atoms with van der Waals surface area (Å²) >= 11 is 0. The van der Waals surface area contributed by atoms with Crippen molar-refractivity contribution in [3.05, 3.63) is 36.0 Å². The van der Waals surface area contributed by atoms with Gasteiger partial charge in [-0.3, -0.25) is 0 Å². The molecule has 3 rings (SSSR count). The second-order valence-corrected chi connectivity index (χ2v) is 6.97. The number of aromatic amines is 1. The molecule has 0 unspecified atom stereocenters. The Morgan fingerprint density at radius 3 is 2.88 bits per heavy atom. The van der Waals surface area contributed by atoms with Crippen LogP contribution in [0.1, 0.15) is 25.3 Å². The molecule has 0 spiro atoms.